The summed E-state index contributed by atoms with van der Waals surface area (Å²) in [6.07, 6.45) is 45.8. The van der Waals surface area contributed by atoms with E-state index in [1.165, 1.54) is 224 Å². The zero-order valence-corrected chi connectivity index (χ0v) is 31.8. The molecule has 0 fully saturated rings. The molecule has 0 unspecified atom stereocenters. The van der Waals surface area contributed by atoms with Crippen molar-refractivity contribution in [2.75, 3.05) is 13.1 Å². The van der Waals surface area contributed by atoms with Gasteiger partial charge in [0.25, 0.3) is 0 Å². The molecule has 0 aliphatic carbocycles. The van der Waals surface area contributed by atoms with E-state index >= 15 is 0 Å². The normalized spacial score (nSPS) is 11.8. The van der Waals surface area contributed by atoms with Crippen molar-refractivity contribution in [3.63, 3.8) is 0 Å². The molecule has 1 heterocycles. The summed E-state index contributed by atoms with van der Waals surface area (Å²) in [5.74, 6) is 0. The first-order valence-corrected chi connectivity index (χ1v) is 21.4. The number of unbranched alkanes of at least 4 members (excludes halogenated alkanes) is 30. The van der Waals surface area contributed by atoms with Crippen molar-refractivity contribution in [1.82, 2.24) is 20.3 Å². The van der Waals surface area contributed by atoms with E-state index in [4.69, 9.17) is 0 Å². The lowest BCUT2D eigenvalue weighted by molar-refractivity contribution is 0.253. The predicted octanol–water partition coefficient (Wildman–Crippen LogP) is 14.3. The van der Waals surface area contributed by atoms with E-state index in [0.717, 1.165) is 17.6 Å². The van der Waals surface area contributed by atoms with Gasteiger partial charge in [0.15, 0.2) is 0 Å². The van der Waals surface area contributed by atoms with Crippen molar-refractivity contribution < 1.29 is 0 Å². The van der Waals surface area contributed by atoms with E-state index in [0.29, 0.717) is 0 Å². The van der Waals surface area contributed by atoms with E-state index in [1.807, 2.05) is 0 Å². The number of aromatic amines is 1. The summed E-state index contributed by atoms with van der Waals surface area (Å²) in [4.78, 5) is 2.71. The Morgan fingerprint density at radius 2 is 0.766 bits per heavy atom. The molecule has 0 atom stereocenters. The van der Waals surface area contributed by atoms with Crippen molar-refractivity contribution in [2.24, 2.45) is 0 Å². The number of nitrogens with one attached hydrogen (secondary N) is 1. The minimum Gasteiger partial charge on any atom is -0.299 e. The number of aromatic nitrogens is 3. The van der Waals surface area contributed by atoms with Gasteiger partial charge in [-0.15, -0.1) is 0 Å². The highest BCUT2D eigenvalue weighted by Crippen LogP contribution is 2.19. The summed E-state index contributed by atoms with van der Waals surface area (Å²) in [6, 6.07) is 6.46. The maximum absolute atomic E-state index is 4.47. The van der Waals surface area contributed by atoms with Gasteiger partial charge < -0.3 is 0 Å². The lowest BCUT2D eigenvalue weighted by Gasteiger charge is -2.22. The van der Waals surface area contributed by atoms with Crippen molar-refractivity contribution in [1.29, 1.82) is 0 Å². The molecule has 4 heteroatoms. The first-order chi connectivity index (χ1) is 23.3. The number of nitrogens with zero attached hydrogens (tertiary/aromatic N) is 3. The van der Waals surface area contributed by atoms with E-state index in [2.05, 4.69) is 52.4 Å². The fourth-order valence-corrected chi connectivity index (χ4v) is 7.33. The highest BCUT2D eigenvalue weighted by atomic mass is 15.3. The first kappa shape index (κ1) is 41.7. The zero-order chi connectivity index (χ0) is 33.3. The molecule has 0 aliphatic rings. The van der Waals surface area contributed by atoms with Crippen LogP contribution in [0.3, 0.4) is 0 Å². The second kappa shape index (κ2) is 31.8. The van der Waals surface area contributed by atoms with Crippen LogP contribution in [0.4, 0.5) is 0 Å². The molecule has 2 rings (SSSR count). The van der Waals surface area contributed by atoms with Crippen LogP contribution in [-0.4, -0.2) is 33.4 Å². The second-order valence-electron chi connectivity index (χ2n) is 15.0. The molecule has 47 heavy (non-hydrogen) atoms. The Kier molecular flexibility index (Phi) is 28.3. The van der Waals surface area contributed by atoms with Crippen LogP contribution < -0.4 is 0 Å². The largest absolute Gasteiger partial charge is 0.299 e. The Labute approximate surface area is 293 Å². The van der Waals surface area contributed by atoms with Gasteiger partial charge in [-0.3, -0.25) is 4.90 Å². The van der Waals surface area contributed by atoms with Gasteiger partial charge in [0, 0.05) is 6.54 Å². The molecule has 0 bridgehead atoms. The lowest BCUT2D eigenvalue weighted by Crippen LogP contribution is -2.26. The average molecular weight is 653 g/mol. The highest BCUT2D eigenvalue weighted by molar-refractivity contribution is 5.77. The van der Waals surface area contributed by atoms with E-state index in [9.17, 15) is 0 Å². The van der Waals surface area contributed by atoms with E-state index < -0.39 is 0 Å². The van der Waals surface area contributed by atoms with E-state index in [-0.39, 0.29) is 0 Å². The first-order valence-electron chi connectivity index (χ1n) is 21.4. The topological polar surface area (TPSA) is 44.8 Å². The molecule has 0 aliphatic heterocycles. The van der Waals surface area contributed by atoms with Gasteiger partial charge in [-0.05, 0) is 37.6 Å². The van der Waals surface area contributed by atoms with Gasteiger partial charge >= 0.3 is 0 Å². The molecule has 4 nitrogen and oxygen atoms in total. The molecule has 0 saturated carbocycles. The fourth-order valence-electron chi connectivity index (χ4n) is 7.33. The summed E-state index contributed by atoms with van der Waals surface area (Å²) in [7, 11) is 0. The van der Waals surface area contributed by atoms with Crippen molar-refractivity contribution in [3.05, 3.63) is 23.8 Å². The highest BCUT2D eigenvalue weighted by Gasteiger charge is 2.11. The SMILES string of the molecule is CCCCCCCCCCCCCCCCCCN(CCCCCCCCCCCCCCCCCC)Cc1cccc2n[nH]nc12. The Morgan fingerprint density at radius 1 is 0.426 bits per heavy atom. The number of rotatable bonds is 36. The lowest BCUT2D eigenvalue weighted by atomic mass is 10.0. The van der Waals surface area contributed by atoms with Gasteiger partial charge in [0.1, 0.15) is 11.0 Å². The smallest absolute Gasteiger partial charge is 0.117 e. The fraction of sp³-hybridized carbons (Fsp3) is 0.860. The zero-order valence-electron chi connectivity index (χ0n) is 31.8. The molecule has 0 spiro atoms. The van der Waals surface area contributed by atoms with Gasteiger partial charge in [-0.2, -0.15) is 15.4 Å². The third kappa shape index (κ3) is 23.6. The summed E-state index contributed by atoms with van der Waals surface area (Å²) in [5, 5.41) is 11.6. The standard InChI is InChI=1S/C43H80N4/c1-3-5-7-9-11-13-15-17-19-21-23-25-27-29-31-33-38-47(40-41-36-35-37-42-43(41)45-46-44-42)39-34-32-30-28-26-24-22-20-18-16-14-12-10-8-6-4-2/h35-37H,3-34,38-40H2,1-2H3,(H,44,45,46). The molecule has 2 aromatic rings. The number of para-hydroxylation sites is 1. The van der Waals surface area contributed by atoms with Gasteiger partial charge in [-0.25, -0.2) is 0 Å². The maximum atomic E-state index is 4.47. The molecular weight excluding hydrogens is 573 g/mol. The summed E-state index contributed by atoms with van der Waals surface area (Å²) in [6.45, 7) is 8.04. The van der Waals surface area contributed by atoms with Crippen LogP contribution in [-0.2, 0) is 6.54 Å². The Bertz CT molecular complexity index is 872. The van der Waals surface area contributed by atoms with Crippen LogP contribution in [0.15, 0.2) is 18.2 Å². The number of H-pyrrole nitrogens is 1. The van der Waals surface area contributed by atoms with E-state index in [1.54, 1.807) is 0 Å². The number of hydrogen-bond donors (Lipinski definition) is 1. The molecule has 1 aromatic heterocycles. The summed E-state index contributed by atoms with van der Waals surface area (Å²) >= 11 is 0. The molecule has 0 amide bonds. The minimum absolute atomic E-state index is 0.993. The molecule has 0 radical (unpaired) electrons. The second-order valence-corrected chi connectivity index (χ2v) is 15.0. The van der Waals surface area contributed by atoms with Crippen LogP contribution in [0.2, 0.25) is 0 Å². The van der Waals surface area contributed by atoms with Gasteiger partial charge in [-0.1, -0.05) is 219 Å². The molecular formula is C43H80N4. The van der Waals surface area contributed by atoms with Crippen LogP contribution >= 0.6 is 0 Å². The summed E-state index contributed by atoms with van der Waals surface area (Å²) in [5.41, 5.74) is 3.37. The molecule has 1 N–H and O–H groups in total. The molecule has 1 aromatic carbocycles. The summed E-state index contributed by atoms with van der Waals surface area (Å²) < 4.78 is 0. The number of fused-ring (bicyclic) bond motifs is 1. The van der Waals surface area contributed by atoms with Crippen LogP contribution in [0.25, 0.3) is 11.0 Å². The third-order valence-electron chi connectivity index (χ3n) is 10.5. The molecule has 272 valence electrons. The monoisotopic (exact) mass is 653 g/mol. The Morgan fingerprint density at radius 3 is 1.13 bits per heavy atom. The predicted molar refractivity (Wildman–Crippen MR) is 208 cm³/mol. The van der Waals surface area contributed by atoms with Crippen molar-refractivity contribution >= 4 is 11.0 Å². The van der Waals surface area contributed by atoms with Crippen LogP contribution in [0.1, 0.15) is 225 Å². The maximum Gasteiger partial charge on any atom is 0.117 e. The van der Waals surface area contributed by atoms with Crippen LogP contribution in [0, 0.1) is 0 Å². The number of benzene rings is 1. The van der Waals surface area contributed by atoms with Gasteiger partial charge in [0.05, 0.1) is 0 Å². The molecule has 0 saturated heterocycles. The van der Waals surface area contributed by atoms with Crippen molar-refractivity contribution in [2.45, 2.75) is 226 Å². The number of hydrogen-bond acceptors (Lipinski definition) is 3. The average Bonchev–Trinajstić information content (AvgIpc) is 3.58. The minimum atomic E-state index is 0.993. The third-order valence-corrected chi connectivity index (χ3v) is 10.5. The quantitative estimate of drug-likeness (QED) is 0.0745. The van der Waals surface area contributed by atoms with Crippen molar-refractivity contribution in [3.8, 4) is 0 Å². The Balaban J connectivity index is 1.50. The Hall–Kier alpha value is -1.42. The van der Waals surface area contributed by atoms with Crippen LogP contribution in [0.5, 0.6) is 0 Å². The van der Waals surface area contributed by atoms with Gasteiger partial charge in [0.2, 0.25) is 0 Å².